The number of nitrogens with one attached hydrogen (secondary N) is 1. The maximum atomic E-state index is 12.8. The molecule has 1 aromatic heterocycles. The molecule has 0 saturated carbocycles. The quantitative estimate of drug-likeness (QED) is 0.424. The second kappa shape index (κ2) is 8.82. The van der Waals surface area contributed by atoms with Gasteiger partial charge in [-0.2, -0.15) is 0 Å². The number of nitrogens with zero attached hydrogens (tertiary/aromatic N) is 2. The lowest BCUT2D eigenvalue weighted by molar-refractivity contribution is 0.102. The number of para-hydroxylation sites is 2. The molecule has 0 atom stereocenters. The first kappa shape index (κ1) is 20.8. The van der Waals surface area contributed by atoms with E-state index >= 15 is 0 Å². The number of carbonyl (C=O) groups is 1. The van der Waals surface area contributed by atoms with Gasteiger partial charge in [0.25, 0.3) is 5.91 Å². The van der Waals surface area contributed by atoms with Gasteiger partial charge in [0.15, 0.2) is 0 Å². The van der Waals surface area contributed by atoms with E-state index in [0.29, 0.717) is 23.6 Å². The molecule has 5 rings (SSSR count). The molecule has 3 aromatic carbocycles. The van der Waals surface area contributed by atoms with Crippen molar-refractivity contribution in [3.8, 4) is 11.5 Å². The van der Waals surface area contributed by atoms with Crippen LogP contribution in [-0.2, 0) is 6.42 Å². The Bertz CT molecular complexity index is 1320. The van der Waals surface area contributed by atoms with Crippen LogP contribution < -0.4 is 19.7 Å². The first-order valence-electron chi connectivity index (χ1n) is 11.0. The molecule has 1 aliphatic rings. The van der Waals surface area contributed by atoms with Crippen LogP contribution in [0.5, 0.6) is 11.5 Å². The molecule has 0 radical (unpaired) electrons. The van der Waals surface area contributed by atoms with Gasteiger partial charge in [-0.25, -0.2) is 4.98 Å². The molecule has 0 unspecified atom stereocenters. The van der Waals surface area contributed by atoms with Crippen LogP contribution >= 0.6 is 0 Å². The average molecular weight is 440 g/mol. The number of hydrogen-bond acceptors (Lipinski definition) is 5. The molecule has 0 spiro atoms. The molecule has 6 heteroatoms. The Morgan fingerprint density at radius 1 is 1.06 bits per heavy atom. The molecule has 2 heterocycles. The summed E-state index contributed by atoms with van der Waals surface area (Å²) in [6.45, 7) is 3.31. The van der Waals surface area contributed by atoms with Crippen LogP contribution in [0.4, 0.5) is 17.2 Å². The lowest BCUT2D eigenvalue weighted by atomic mass is 10.1. The van der Waals surface area contributed by atoms with Crippen LogP contribution in [0.1, 0.15) is 22.8 Å². The van der Waals surface area contributed by atoms with Crippen LogP contribution in [0, 0.1) is 0 Å². The van der Waals surface area contributed by atoms with Gasteiger partial charge in [0.05, 0.1) is 24.9 Å². The van der Waals surface area contributed by atoms with Crippen molar-refractivity contribution in [2.24, 2.45) is 0 Å². The Balaban J connectivity index is 1.38. The van der Waals surface area contributed by atoms with Crippen molar-refractivity contribution in [2.45, 2.75) is 13.3 Å². The molecular weight excluding hydrogens is 414 g/mol. The minimum absolute atomic E-state index is 0.174. The highest BCUT2D eigenvalue weighted by atomic mass is 16.5. The second-order valence-electron chi connectivity index (χ2n) is 7.86. The Morgan fingerprint density at radius 3 is 2.67 bits per heavy atom. The van der Waals surface area contributed by atoms with E-state index in [0.717, 1.165) is 41.1 Å². The van der Waals surface area contributed by atoms with Crippen molar-refractivity contribution in [1.29, 1.82) is 0 Å². The zero-order chi connectivity index (χ0) is 22.8. The third-order valence-corrected chi connectivity index (χ3v) is 5.82. The fourth-order valence-corrected chi connectivity index (χ4v) is 4.15. The van der Waals surface area contributed by atoms with Gasteiger partial charge >= 0.3 is 0 Å². The van der Waals surface area contributed by atoms with Gasteiger partial charge < -0.3 is 19.7 Å². The van der Waals surface area contributed by atoms with Gasteiger partial charge in [0, 0.05) is 29.2 Å². The highest BCUT2D eigenvalue weighted by molar-refractivity contribution is 6.05. The number of hydrogen-bond donors (Lipinski definition) is 1. The van der Waals surface area contributed by atoms with Crippen molar-refractivity contribution in [1.82, 2.24) is 4.98 Å². The van der Waals surface area contributed by atoms with Gasteiger partial charge in [-0.05, 0) is 73.5 Å². The summed E-state index contributed by atoms with van der Waals surface area (Å²) in [4.78, 5) is 19.9. The lowest BCUT2D eigenvalue weighted by Gasteiger charge is -2.19. The van der Waals surface area contributed by atoms with Crippen LogP contribution in [0.15, 0.2) is 72.8 Å². The Morgan fingerprint density at radius 2 is 1.88 bits per heavy atom. The molecule has 6 nitrogen and oxygen atoms in total. The summed E-state index contributed by atoms with van der Waals surface area (Å²) in [6.07, 6.45) is 0.931. The molecule has 0 bridgehead atoms. The zero-order valence-corrected chi connectivity index (χ0v) is 18.7. The summed E-state index contributed by atoms with van der Waals surface area (Å²) in [5, 5.41) is 4.05. The summed E-state index contributed by atoms with van der Waals surface area (Å²) in [5.74, 6) is 2.24. The maximum absolute atomic E-state index is 12.8. The number of aromatic nitrogens is 1. The number of benzene rings is 3. The van der Waals surface area contributed by atoms with E-state index in [4.69, 9.17) is 14.5 Å². The third-order valence-electron chi connectivity index (χ3n) is 5.82. The molecule has 4 aromatic rings. The monoisotopic (exact) mass is 439 g/mol. The van der Waals surface area contributed by atoms with Gasteiger partial charge in [-0.15, -0.1) is 0 Å². The van der Waals surface area contributed by atoms with E-state index in [2.05, 4.69) is 16.3 Å². The normalized spacial score (nSPS) is 12.5. The Kier molecular flexibility index (Phi) is 5.57. The van der Waals surface area contributed by atoms with Crippen molar-refractivity contribution in [3.63, 3.8) is 0 Å². The number of pyridine rings is 1. The van der Waals surface area contributed by atoms with E-state index in [9.17, 15) is 4.79 Å². The topological polar surface area (TPSA) is 63.7 Å². The molecule has 33 heavy (non-hydrogen) atoms. The van der Waals surface area contributed by atoms with Crippen molar-refractivity contribution < 1.29 is 14.3 Å². The smallest absolute Gasteiger partial charge is 0.255 e. The minimum Gasteiger partial charge on any atom is -0.497 e. The highest BCUT2D eigenvalue weighted by Crippen LogP contribution is 2.35. The average Bonchev–Trinajstić information content (AvgIpc) is 3.26. The van der Waals surface area contributed by atoms with Crippen LogP contribution in [0.3, 0.4) is 0 Å². The van der Waals surface area contributed by atoms with Crippen LogP contribution in [0.25, 0.3) is 10.9 Å². The van der Waals surface area contributed by atoms with E-state index < -0.39 is 0 Å². The molecule has 1 N–H and O–H groups in total. The Hall–Kier alpha value is -4.06. The minimum atomic E-state index is -0.174. The fourth-order valence-electron chi connectivity index (χ4n) is 4.15. The second-order valence-corrected chi connectivity index (χ2v) is 7.86. The first-order valence-corrected chi connectivity index (χ1v) is 11.0. The number of carbonyl (C=O) groups excluding carboxylic acids is 1. The molecule has 0 saturated heterocycles. The van der Waals surface area contributed by atoms with Crippen molar-refractivity contribution in [2.75, 3.05) is 30.5 Å². The van der Waals surface area contributed by atoms with E-state index in [1.807, 2.05) is 73.7 Å². The molecular formula is C27H25N3O3. The highest BCUT2D eigenvalue weighted by Gasteiger charge is 2.23. The van der Waals surface area contributed by atoms with Crippen molar-refractivity contribution >= 4 is 34.0 Å². The summed E-state index contributed by atoms with van der Waals surface area (Å²) < 4.78 is 11.0. The lowest BCUT2D eigenvalue weighted by Crippen LogP contribution is -2.16. The number of anilines is 3. The molecule has 0 fully saturated rings. The zero-order valence-electron chi connectivity index (χ0n) is 18.7. The molecule has 166 valence electrons. The standard InChI is InChI=1S/C27H25N3O3/c1-3-33-25-7-5-4-6-23(25)29-27(31)18-8-11-21(12-9-18)30-15-14-20-16-19-10-13-22(32-2)17-24(19)28-26(20)30/h4-13,16-17H,3,14-15H2,1-2H3,(H,29,31). The van der Waals surface area contributed by atoms with E-state index in [1.54, 1.807) is 7.11 Å². The van der Waals surface area contributed by atoms with Gasteiger partial charge in [0.1, 0.15) is 17.3 Å². The predicted octanol–water partition coefficient (Wildman–Crippen LogP) is 5.59. The summed E-state index contributed by atoms with van der Waals surface area (Å²) in [6, 6.07) is 23.2. The molecule has 1 amide bonds. The van der Waals surface area contributed by atoms with Gasteiger partial charge in [-0.3, -0.25) is 4.79 Å². The third kappa shape index (κ3) is 4.07. The SMILES string of the molecule is CCOc1ccccc1NC(=O)c1ccc(N2CCc3cc4ccc(OC)cc4nc32)cc1. The maximum Gasteiger partial charge on any atom is 0.255 e. The van der Waals surface area contributed by atoms with Gasteiger partial charge in [-0.1, -0.05) is 12.1 Å². The summed E-state index contributed by atoms with van der Waals surface area (Å²) in [7, 11) is 1.66. The predicted molar refractivity (Wildman–Crippen MR) is 131 cm³/mol. The fraction of sp³-hybridized carbons (Fsp3) is 0.185. The Labute approximate surface area is 192 Å². The number of fused-ring (bicyclic) bond motifs is 2. The summed E-state index contributed by atoms with van der Waals surface area (Å²) >= 11 is 0. The number of rotatable bonds is 6. The number of ether oxygens (including phenoxy) is 2. The van der Waals surface area contributed by atoms with Crippen molar-refractivity contribution in [3.05, 3.63) is 83.9 Å². The van der Waals surface area contributed by atoms with E-state index in [-0.39, 0.29) is 5.91 Å². The van der Waals surface area contributed by atoms with Crippen LogP contribution in [-0.4, -0.2) is 31.2 Å². The molecule has 1 aliphatic heterocycles. The largest absolute Gasteiger partial charge is 0.497 e. The molecule has 0 aliphatic carbocycles. The number of methoxy groups -OCH3 is 1. The van der Waals surface area contributed by atoms with Crippen LogP contribution in [0.2, 0.25) is 0 Å². The first-order chi connectivity index (χ1) is 16.2. The van der Waals surface area contributed by atoms with Gasteiger partial charge in [0.2, 0.25) is 0 Å². The van der Waals surface area contributed by atoms with E-state index in [1.165, 1.54) is 5.56 Å². The summed E-state index contributed by atoms with van der Waals surface area (Å²) in [5.41, 5.74) is 4.38. The number of amides is 1.